The van der Waals surface area contributed by atoms with Gasteiger partial charge in [0, 0.05) is 54.2 Å². The van der Waals surface area contributed by atoms with Gasteiger partial charge in [-0.3, -0.25) is 15.1 Å². The van der Waals surface area contributed by atoms with Crippen LogP contribution in [0.1, 0.15) is 34.7 Å². The van der Waals surface area contributed by atoms with Crippen LogP contribution in [0, 0.1) is 24.0 Å². The van der Waals surface area contributed by atoms with Crippen LogP contribution in [-0.2, 0) is 4.74 Å². The van der Waals surface area contributed by atoms with Crippen LogP contribution in [0.4, 0.5) is 17.1 Å². The summed E-state index contributed by atoms with van der Waals surface area (Å²) in [5.41, 5.74) is 6.46. The van der Waals surface area contributed by atoms with Gasteiger partial charge in [-0.25, -0.2) is 0 Å². The molecule has 2 unspecified atom stereocenters. The van der Waals surface area contributed by atoms with Crippen LogP contribution in [-0.4, -0.2) is 53.0 Å². The molecule has 4 aromatic rings. The lowest BCUT2D eigenvalue weighted by Crippen LogP contribution is -2.36. The molecule has 0 spiro atoms. The molecule has 2 aromatic heterocycles. The van der Waals surface area contributed by atoms with E-state index in [9.17, 15) is 10.1 Å². The van der Waals surface area contributed by atoms with Crippen molar-refractivity contribution in [2.75, 3.05) is 43.2 Å². The molecule has 2 aliphatic rings. The van der Waals surface area contributed by atoms with Gasteiger partial charge in [-0.05, 0) is 80.2 Å². The lowest BCUT2D eigenvalue weighted by atomic mass is 9.96. The summed E-state index contributed by atoms with van der Waals surface area (Å²) in [4.78, 5) is 20.4. The summed E-state index contributed by atoms with van der Waals surface area (Å²) in [6, 6.07) is 20.7. The molecule has 0 radical (unpaired) electrons. The Hall–Kier alpha value is -4.48. The number of hydrogen-bond donors (Lipinski definition) is 1. The molecular formula is C31H32N6O4S. The highest BCUT2D eigenvalue weighted by molar-refractivity contribution is 7.80. The molecule has 2 aliphatic heterocycles. The number of aryl methyl sites for hydroxylation is 1. The van der Waals surface area contributed by atoms with Crippen LogP contribution in [0.3, 0.4) is 0 Å². The number of benzene rings is 2. The molecule has 0 amide bonds. The van der Waals surface area contributed by atoms with Gasteiger partial charge in [-0.2, -0.15) is 0 Å². The van der Waals surface area contributed by atoms with Crippen molar-refractivity contribution in [1.82, 2.24) is 14.9 Å². The summed E-state index contributed by atoms with van der Waals surface area (Å²) >= 11 is 5.95. The van der Waals surface area contributed by atoms with E-state index in [4.69, 9.17) is 21.7 Å². The summed E-state index contributed by atoms with van der Waals surface area (Å²) in [5, 5.41) is 15.8. The van der Waals surface area contributed by atoms with E-state index in [1.807, 2.05) is 36.6 Å². The van der Waals surface area contributed by atoms with Gasteiger partial charge in [0.05, 0.1) is 48.7 Å². The molecule has 2 atom stereocenters. The molecule has 42 heavy (non-hydrogen) atoms. The van der Waals surface area contributed by atoms with Crippen LogP contribution >= 0.6 is 12.2 Å². The Kier molecular flexibility index (Phi) is 7.53. The van der Waals surface area contributed by atoms with Crippen molar-refractivity contribution >= 4 is 34.4 Å². The number of nitrogens with one attached hydrogen (secondary N) is 1. The van der Waals surface area contributed by atoms with E-state index in [2.05, 4.69) is 50.4 Å². The van der Waals surface area contributed by atoms with Crippen LogP contribution in [0.2, 0.25) is 0 Å². The molecule has 2 fully saturated rings. The highest BCUT2D eigenvalue weighted by Crippen LogP contribution is 2.44. The smallest absolute Gasteiger partial charge is 0.271 e. The van der Waals surface area contributed by atoms with Crippen LogP contribution in [0.25, 0.3) is 5.69 Å². The molecule has 11 heteroatoms. The van der Waals surface area contributed by atoms with Gasteiger partial charge < -0.3 is 29.2 Å². The number of morpholine rings is 1. The molecule has 2 aromatic carbocycles. The number of pyridine rings is 1. The lowest BCUT2D eigenvalue weighted by molar-refractivity contribution is -0.384. The second kappa shape index (κ2) is 11.4. The first kappa shape index (κ1) is 27.7. The summed E-state index contributed by atoms with van der Waals surface area (Å²) < 4.78 is 13.2. The molecule has 10 nitrogen and oxygen atoms in total. The van der Waals surface area contributed by atoms with Crippen LogP contribution < -0.4 is 19.9 Å². The standard InChI is InChI=1S/C31H32N6O4S/c1-20-18-25(21(2)35(20)27-19-24(37(38)39)11-12-28(27)40-3)30-29(26-6-4-5-13-32-26)33-31(42)36(30)23-9-7-22(8-10-23)34-14-16-41-17-15-34/h4-13,18-19,29-30H,14-17H2,1-3H3,(H,33,42). The number of ether oxygens (including phenoxy) is 2. The summed E-state index contributed by atoms with van der Waals surface area (Å²) in [6.45, 7) is 7.19. The summed E-state index contributed by atoms with van der Waals surface area (Å²) in [7, 11) is 1.57. The third-order valence-electron chi connectivity index (χ3n) is 8.01. The van der Waals surface area contributed by atoms with Gasteiger partial charge >= 0.3 is 0 Å². The molecule has 0 saturated carbocycles. The fraction of sp³-hybridized carbons (Fsp3) is 0.290. The number of nitro benzene ring substituents is 1. The number of rotatable bonds is 7. The first-order valence-corrected chi connectivity index (χ1v) is 14.2. The Bertz CT molecular complexity index is 1620. The number of non-ortho nitro benzene ring substituents is 1. The zero-order valence-corrected chi connectivity index (χ0v) is 24.5. The maximum atomic E-state index is 11.6. The summed E-state index contributed by atoms with van der Waals surface area (Å²) in [5.74, 6) is 0.547. The quantitative estimate of drug-likeness (QED) is 0.173. The predicted molar refractivity (Wildman–Crippen MR) is 166 cm³/mol. The second-order valence-electron chi connectivity index (χ2n) is 10.4. The number of hydrogen-bond acceptors (Lipinski definition) is 7. The van der Waals surface area contributed by atoms with Gasteiger partial charge in [0.1, 0.15) is 5.75 Å². The van der Waals surface area contributed by atoms with Crippen molar-refractivity contribution in [3.05, 3.63) is 106 Å². The average Bonchev–Trinajstić information content (AvgIpc) is 3.52. The van der Waals surface area contributed by atoms with E-state index in [-0.39, 0.29) is 17.8 Å². The third-order valence-corrected chi connectivity index (χ3v) is 8.32. The van der Waals surface area contributed by atoms with Crippen molar-refractivity contribution in [2.24, 2.45) is 0 Å². The second-order valence-corrected chi connectivity index (χ2v) is 10.8. The Labute approximate surface area is 249 Å². The number of thiocarbonyl (C=S) groups is 1. The van der Waals surface area contributed by atoms with Crippen molar-refractivity contribution in [1.29, 1.82) is 0 Å². The van der Waals surface area contributed by atoms with E-state index in [0.29, 0.717) is 16.5 Å². The van der Waals surface area contributed by atoms with E-state index < -0.39 is 4.92 Å². The minimum Gasteiger partial charge on any atom is -0.495 e. The Morgan fingerprint density at radius 1 is 1.05 bits per heavy atom. The minimum atomic E-state index is -0.392. The number of nitro groups is 1. The number of aromatic nitrogens is 2. The van der Waals surface area contributed by atoms with Gasteiger partial charge in [-0.1, -0.05) is 6.07 Å². The zero-order chi connectivity index (χ0) is 29.4. The van der Waals surface area contributed by atoms with Crippen molar-refractivity contribution in [3.8, 4) is 11.4 Å². The molecule has 216 valence electrons. The Balaban J connectivity index is 1.46. The topological polar surface area (TPSA) is 97.9 Å². The van der Waals surface area contributed by atoms with Crippen LogP contribution in [0.15, 0.2) is 72.9 Å². The van der Waals surface area contributed by atoms with Crippen molar-refractivity contribution in [3.63, 3.8) is 0 Å². The largest absolute Gasteiger partial charge is 0.495 e. The Morgan fingerprint density at radius 3 is 2.45 bits per heavy atom. The third kappa shape index (κ3) is 4.94. The maximum Gasteiger partial charge on any atom is 0.271 e. The van der Waals surface area contributed by atoms with E-state index in [0.717, 1.165) is 60.3 Å². The lowest BCUT2D eigenvalue weighted by Gasteiger charge is -2.31. The van der Waals surface area contributed by atoms with Crippen LogP contribution in [0.5, 0.6) is 5.75 Å². The van der Waals surface area contributed by atoms with Crippen molar-refractivity contribution in [2.45, 2.75) is 25.9 Å². The SMILES string of the molecule is COc1ccc([N+](=O)[O-])cc1-n1c(C)cc(C2C(c3ccccn3)NC(=S)N2c2ccc(N3CCOCC3)cc2)c1C. The first-order valence-electron chi connectivity index (χ1n) is 13.8. The molecule has 2 saturated heterocycles. The van der Waals surface area contributed by atoms with Gasteiger partial charge in [0.2, 0.25) is 0 Å². The van der Waals surface area contributed by atoms with Gasteiger partial charge in [0.15, 0.2) is 5.11 Å². The molecule has 6 rings (SSSR count). The summed E-state index contributed by atoms with van der Waals surface area (Å²) in [6.07, 6.45) is 1.79. The predicted octanol–water partition coefficient (Wildman–Crippen LogP) is 5.42. The van der Waals surface area contributed by atoms with E-state index >= 15 is 0 Å². The average molecular weight is 585 g/mol. The minimum absolute atomic E-state index is 0.00286. The van der Waals surface area contributed by atoms with E-state index in [1.165, 1.54) is 6.07 Å². The zero-order valence-electron chi connectivity index (χ0n) is 23.7. The monoisotopic (exact) mass is 584 g/mol. The molecule has 1 N–H and O–H groups in total. The fourth-order valence-electron chi connectivity index (χ4n) is 6.02. The number of anilines is 2. The molecule has 0 bridgehead atoms. The fourth-order valence-corrected chi connectivity index (χ4v) is 6.36. The molecular weight excluding hydrogens is 552 g/mol. The first-order chi connectivity index (χ1) is 20.4. The Morgan fingerprint density at radius 2 is 1.79 bits per heavy atom. The van der Waals surface area contributed by atoms with E-state index in [1.54, 1.807) is 25.4 Å². The highest BCUT2D eigenvalue weighted by atomic mass is 32.1. The van der Waals surface area contributed by atoms with Gasteiger partial charge in [0.25, 0.3) is 5.69 Å². The highest BCUT2D eigenvalue weighted by Gasteiger charge is 2.42. The molecule has 4 heterocycles. The van der Waals surface area contributed by atoms with Gasteiger partial charge in [-0.15, -0.1) is 0 Å². The van der Waals surface area contributed by atoms with Crippen molar-refractivity contribution < 1.29 is 14.4 Å². The number of methoxy groups -OCH3 is 1. The molecule has 0 aliphatic carbocycles. The maximum absolute atomic E-state index is 11.6. The normalized spacial score (nSPS) is 18.7. The number of nitrogens with zero attached hydrogens (tertiary/aromatic N) is 5.